The predicted octanol–water partition coefficient (Wildman–Crippen LogP) is 0.926. The highest BCUT2D eigenvalue weighted by molar-refractivity contribution is 6.09. The van der Waals surface area contributed by atoms with Crippen molar-refractivity contribution < 1.29 is 14.4 Å². The van der Waals surface area contributed by atoms with Gasteiger partial charge in [-0.3, -0.25) is 14.5 Å². The largest absolute Gasteiger partial charge is 0.325 e. The number of hydrogen-bond donors (Lipinski definition) is 2. The first-order valence-electron chi connectivity index (χ1n) is 7.83. The third kappa shape index (κ3) is 3.21. The molecule has 130 valence electrons. The van der Waals surface area contributed by atoms with Gasteiger partial charge in [-0.1, -0.05) is 6.92 Å². The van der Waals surface area contributed by atoms with Gasteiger partial charge in [0.15, 0.2) is 5.82 Å². The Morgan fingerprint density at radius 1 is 1.36 bits per heavy atom. The summed E-state index contributed by atoms with van der Waals surface area (Å²) in [5.41, 5.74) is -0.490. The van der Waals surface area contributed by atoms with Crippen molar-refractivity contribution in [1.82, 2.24) is 25.0 Å². The highest BCUT2D eigenvalue weighted by atomic mass is 16.2. The number of nitrogens with one attached hydrogen (secondary N) is 2. The monoisotopic (exact) mass is 342 g/mol. The highest BCUT2D eigenvalue weighted by Gasteiger charge is 2.46. The number of nitrogens with zero attached hydrogens (tertiary/aromatic N) is 4. The van der Waals surface area contributed by atoms with Crippen molar-refractivity contribution in [3.63, 3.8) is 0 Å². The lowest BCUT2D eigenvalue weighted by atomic mass is 9.99. The maximum Gasteiger partial charge on any atom is 0.325 e. The van der Waals surface area contributed by atoms with Crippen molar-refractivity contribution in [3.05, 3.63) is 36.8 Å². The fourth-order valence-corrected chi connectivity index (χ4v) is 2.47. The Bertz CT molecular complexity index is 802. The molecular weight excluding hydrogens is 324 g/mol. The van der Waals surface area contributed by atoms with Crippen LogP contribution in [0.2, 0.25) is 0 Å². The average Bonchev–Trinajstić information content (AvgIpc) is 3.20. The smallest absolute Gasteiger partial charge is 0.323 e. The zero-order chi connectivity index (χ0) is 18.0. The van der Waals surface area contributed by atoms with E-state index in [0.717, 1.165) is 4.90 Å². The zero-order valence-corrected chi connectivity index (χ0v) is 13.9. The molecule has 9 heteroatoms. The second-order valence-electron chi connectivity index (χ2n) is 5.91. The summed E-state index contributed by atoms with van der Waals surface area (Å²) < 4.78 is 1.59. The number of amides is 4. The van der Waals surface area contributed by atoms with E-state index in [1.54, 1.807) is 49.1 Å². The van der Waals surface area contributed by atoms with Gasteiger partial charge >= 0.3 is 6.03 Å². The summed E-state index contributed by atoms with van der Waals surface area (Å²) in [6.45, 7) is 3.10. The van der Waals surface area contributed by atoms with E-state index >= 15 is 0 Å². The van der Waals surface area contributed by atoms with E-state index in [-0.39, 0.29) is 6.54 Å². The molecule has 1 atom stereocenters. The standard InChI is InChI=1S/C16H18N6O3/c1-3-16(2)14(24)21(15(25)20-16)10-13(23)19-11-5-6-12(17-9-11)22-8-4-7-18-22/h4-9H,3,10H2,1-2H3,(H,19,23)(H,20,25). The van der Waals surface area contributed by atoms with Crippen molar-refractivity contribution in [1.29, 1.82) is 0 Å². The highest BCUT2D eigenvalue weighted by Crippen LogP contribution is 2.20. The van der Waals surface area contributed by atoms with Gasteiger partial charge in [0.05, 0.1) is 11.9 Å². The minimum absolute atomic E-state index is 0.346. The maximum atomic E-state index is 12.3. The third-order valence-electron chi connectivity index (χ3n) is 4.12. The Labute approximate surface area is 144 Å². The zero-order valence-electron chi connectivity index (χ0n) is 13.9. The third-order valence-corrected chi connectivity index (χ3v) is 4.12. The van der Waals surface area contributed by atoms with Crippen molar-refractivity contribution >= 4 is 23.5 Å². The lowest BCUT2D eigenvalue weighted by Gasteiger charge is -2.19. The Kier molecular flexibility index (Phi) is 4.22. The SMILES string of the molecule is CCC1(C)NC(=O)N(CC(=O)Nc2ccc(-n3cccn3)nc2)C1=O. The molecule has 1 unspecified atom stereocenters. The number of urea groups is 1. The van der Waals surface area contributed by atoms with Gasteiger partial charge in [0.1, 0.15) is 12.1 Å². The lowest BCUT2D eigenvalue weighted by Crippen LogP contribution is -2.44. The van der Waals surface area contributed by atoms with E-state index in [0.29, 0.717) is 17.9 Å². The van der Waals surface area contributed by atoms with Crippen LogP contribution < -0.4 is 10.6 Å². The van der Waals surface area contributed by atoms with E-state index in [4.69, 9.17) is 0 Å². The maximum absolute atomic E-state index is 12.3. The number of carbonyl (C=O) groups excluding carboxylic acids is 3. The van der Waals surface area contributed by atoms with Crippen LogP contribution in [0, 0.1) is 0 Å². The van der Waals surface area contributed by atoms with Gasteiger partial charge in [-0.2, -0.15) is 5.10 Å². The molecule has 0 radical (unpaired) electrons. The Morgan fingerprint density at radius 3 is 2.72 bits per heavy atom. The number of aromatic nitrogens is 3. The van der Waals surface area contributed by atoms with E-state index in [9.17, 15) is 14.4 Å². The molecule has 2 aromatic heterocycles. The van der Waals surface area contributed by atoms with Crippen LogP contribution in [-0.2, 0) is 9.59 Å². The molecule has 0 aliphatic carbocycles. The van der Waals surface area contributed by atoms with Gasteiger partial charge < -0.3 is 10.6 Å². The van der Waals surface area contributed by atoms with Gasteiger partial charge in [-0.25, -0.2) is 14.5 Å². The molecule has 0 aromatic carbocycles. The summed E-state index contributed by atoms with van der Waals surface area (Å²) in [6, 6.07) is 4.59. The van der Waals surface area contributed by atoms with Crippen LogP contribution in [0.15, 0.2) is 36.8 Å². The second-order valence-corrected chi connectivity index (χ2v) is 5.91. The van der Waals surface area contributed by atoms with Crippen LogP contribution in [0.25, 0.3) is 5.82 Å². The molecule has 3 rings (SSSR count). The Hall–Kier alpha value is -3.23. The van der Waals surface area contributed by atoms with Crippen molar-refractivity contribution in [3.8, 4) is 5.82 Å². The molecule has 1 saturated heterocycles. The number of hydrogen-bond acceptors (Lipinski definition) is 5. The van der Waals surface area contributed by atoms with Gasteiger partial charge in [0.2, 0.25) is 5.91 Å². The Morgan fingerprint density at radius 2 is 2.16 bits per heavy atom. The molecule has 0 saturated carbocycles. The van der Waals surface area contributed by atoms with E-state index < -0.39 is 23.4 Å². The number of anilines is 1. The van der Waals surface area contributed by atoms with Crippen LogP contribution in [0.4, 0.5) is 10.5 Å². The number of carbonyl (C=O) groups is 3. The van der Waals surface area contributed by atoms with Crippen LogP contribution in [0.1, 0.15) is 20.3 Å². The number of pyridine rings is 1. The summed E-state index contributed by atoms with van der Waals surface area (Å²) in [7, 11) is 0. The summed E-state index contributed by atoms with van der Waals surface area (Å²) in [6.07, 6.45) is 5.33. The quantitative estimate of drug-likeness (QED) is 0.786. The summed E-state index contributed by atoms with van der Waals surface area (Å²) in [4.78, 5) is 41.4. The fraction of sp³-hybridized carbons (Fsp3) is 0.312. The Balaban J connectivity index is 1.63. The van der Waals surface area contributed by atoms with E-state index in [1.807, 2.05) is 0 Å². The fourth-order valence-electron chi connectivity index (χ4n) is 2.47. The van der Waals surface area contributed by atoms with Gasteiger partial charge in [-0.15, -0.1) is 0 Å². The second kappa shape index (κ2) is 6.34. The van der Waals surface area contributed by atoms with Crippen LogP contribution >= 0.6 is 0 Å². The molecule has 3 heterocycles. The molecule has 4 amide bonds. The summed E-state index contributed by atoms with van der Waals surface area (Å²) >= 11 is 0. The molecule has 0 spiro atoms. The minimum atomic E-state index is -0.954. The molecule has 9 nitrogen and oxygen atoms in total. The van der Waals surface area contributed by atoms with E-state index in [2.05, 4.69) is 20.7 Å². The molecule has 2 N–H and O–H groups in total. The van der Waals surface area contributed by atoms with Crippen molar-refractivity contribution in [2.24, 2.45) is 0 Å². The van der Waals surface area contributed by atoms with Gasteiger partial charge in [0, 0.05) is 12.4 Å². The van der Waals surface area contributed by atoms with Crippen LogP contribution in [-0.4, -0.2) is 49.6 Å². The summed E-state index contributed by atoms with van der Waals surface area (Å²) in [5, 5.41) is 9.29. The topological polar surface area (TPSA) is 109 Å². The van der Waals surface area contributed by atoms with Crippen LogP contribution in [0.5, 0.6) is 0 Å². The van der Waals surface area contributed by atoms with E-state index in [1.165, 1.54) is 6.20 Å². The first kappa shape index (κ1) is 16.6. The first-order chi connectivity index (χ1) is 11.9. The molecule has 25 heavy (non-hydrogen) atoms. The molecule has 1 aliphatic heterocycles. The predicted molar refractivity (Wildman–Crippen MR) is 88.9 cm³/mol. The van der Waals surface area contributed by atoms with Crippen molar-refractivity contribution in [2.75, 3.05) is 11.9 Å². The average molecular weight is 342 g/mol. The van der Waals surface area contributed by atoms with Gasteiger partial charge in [0.25, 0.3) is 5.91 Å². The van der Waals surface area contributed by atoms with Gasteiger partial charge in [-0.05, 0) is 31.5 Å². The lowest BCUT2D eigenvalue weighted by molar-refractivity contribution is -0.133. The van der Waals surface area contributed by atoms with Crippen molar-refractivity contribution in [2.45, 2.75) is 25.8 Å². The molecular formula is C16H18N6O3. The molecule has 1 fully saturated rings. The molecule has 1 aliphatic rings. The minimum Gasteiger partial charge on any atom is -0.323 e. The summed E-state index contributed by atoms with van der Waals surface area (Å²) in [5.74, 6) is -0.268. The normalized spacial score (nSPS) is 19.8. The molecule has 0 bridgehead atoms. The molecule has 2 aromatic rings. The van der Waals surface area contributed by atoms with Crippen LogP contribution in [0.3, 0.4) is 0 Å². The number of imide groups is 1. The number of rotatable bonds is 5. The first-order valence-corrected chi connectivity index (χ1v) is 7.83.